The zero-order valence-electron chi connectivity index (χ0n) is 10.8. The van der Waals surface area contributed by atoms with Crippen molar-refractivity contribution in [2.24, 2.45) is 0 Å². The van der Waals surface area contributed by atoms with Gasteiger partial charge < -0.3 is 10.1 Å². The van der Waals surface area contributed by atoms with Crippen LogP contribution in [-0.2, 0) is 6.42 Å². The first kappa shape index (κ1) is 11.8. The third-order valence-electron chi connectivity index (χ3n) is 3.34. The molecule has 0 spiro atoms. The highest BCUT2D eigenvalue weighted by atomic mass is 16.5. The van der Waals surface area contributed by atoms with Crippen LogP contribution in [0.5, 0.6) is 5.75 Å². The van der Waals surface area contributed by atoms with Gasteiger partial charge in [-0.1, -0.05) is 18.2 Å². The lowest BCUT2D eigenvalue weighted by Gasteiger charge is -2.08. The summed E-state index contributed by atoms with van der Waals surface area (Å²) >= 11 is 0. The molecule has 2 aromatic rings. The number of ether oxygens (including phenoxy) is 1. The number of carbonyl (C=O) groups excluding carboxylic acids is 1. The van der Waals surface area contributed by atoms with Gasteiger partial charge in [0.15, 0.2) is 0 Å². The summed E-state index contributed by atoms with van der Waals surface area (Å²) in [7, 11) is 0. The van der Waals surface area contributed by atoms with Crippen molar-refractivity contribution in [3.8, 4) is 5.75 Å². The van der Waals surface area contributed by atoms with Gasteiger partial charge in [0.2, 0.25) is 0 Å². The molecule has 3 heteroatoms. The number of hydrogen-bond acceptors (Lipinski definition) is 2. The van der Waals surface area contributed by atoms with Gasteiger partial charge in [-0.05, 0) is 42.3 Å². The van der Waals surface area contributed by atoms with E-state index in [1.807, 2.05) is 43.3 Å². The van der Waals surface area contributed by atoms with E-state index in [0.717, 1.165) is 29.0 Å². The molecule has 0 saturated heterocycles. The first-order chi connectivity index (χ1) is 9.24. The van der Waals surface area contributed by atoms with Crippen LogP contribution >= 0.6 is 0 Å². The molecule has 0 radical (unpaired) electrons. The molecule has 2 aromatic carbocycles. The molecular formula is C16H15NO2. The van der Waals surface area contributed by atoms with Crippen LogP contribution < -0.4 is 10.1 Å². The summed E-state index contributed by atoms with van der Waals surface area (Å²) in [5, 5.41) is 2.94. The van der Waals surface area contributed by atoms with Crippen molar-refractivity contribution in [2.45, 2.75) is 13.3 Å². The minimum atomic E-state index is -0.0796. The van der Waals surface area contributed by atoms with Gasteiger partial charge in [0, 0.05) is 17.7 Å². The summed E-state index contributed by atoms with van der Waals surface area (Å²) in [6.45, 7) is 2.68. The maximum Gasteiger partial charge on any atom is 0.255 e. The van der Waals surface area contributed by atoms with E-state index in [-0.39, 0.29) is 5.91 Å². The zero-order valence-corrected chi connectivity index (χ0v) is 10.8. The number of nitrogens with one attached hydrogen (secondary N) is 1. The molecule has 1 amide bonds. The van der Waals surface area contributed by atoms with Crippen LogP contribution in [0.2, 0.25) is 0 Å². The molecule has 0 unspecified atom stereocenters. The van der Waals surface area contributed by atoms with Crippen molar-refractivity contribution in [1.82, 2.24) is 0 Å². The van der Waals surface area contributed by atoms with Gasteiger partial charge in [0.1, 0.15) is 5.75 Å². The van der Waals surface area contributed by atoms with Crippen LogP contribution in [0.25, 0.3) is 0 Å². The van der Waals surface area contributed by atoms with Crippen LogP contribution in [0.4, 0.5) is 5.69 Å². The van der Waals surface area contributed by atoms with Gasteiger partial charge in [0.05, 0.1) is 6.61 Å². The Hall–Kier alpha value is -2.29. The van der Waals surface area contributed by atoms with Crippen LogP contribution in [0.1, 0.15) is 21.5 Å². The summed E-state index contributed by atoms with van der Waals surface area (Å²) in [5.41, 5.74) is 3.69. The van der Waals surface area contributed by atoms with E-state index in [0.29, 0.717) is 12.2 Å². The number of hydrogen-bond donors (Lipinski definition) is 1. The highest BCUT2D eigenvalue weighted by Gasteiger charge is 2.15. The van der Waals surface area contributed by atoms with Crippen LogP contribution in [0.15, 0.2) is 42.5 Å². The molecule has 1 heterocycles. The minimum absolute atomic E-state index is 0.0796. The van der Waals surface area contributed by atoms with E-state index in [4.69, 9.17) is 4.74 Å². The molecule has 0 atom stereocenters. The molecule has 3 rings (SSSR count). The largest absolute Gasteiger partial charge is 0.493 e. The van der Waals surface area contributed by atoms with Gasteiger partial charge >= 0.3 is 0 Å². The average molecular weight is 253 g/mol. The smallest absolute Gasteiger partial charge is 0.255 e. The van der Waals surface area contributed by atoms with Gasteiger partial charge in [-0.15, -0.1) is 0 Å². The van der Waals surface area contributed by atoms with Gasteiger partial charge in [-0.3, -0.25) is 4.79 Å². The minimum Gasteiger partial charge on any atom is -0.493 e. The summed E-state index contributed by atoms with van der Waals surface area (Å²) in [6, 6.07) is 13.3. The molecular weight excluding hydrogens is 238 g/mol. The molecule has 1 aliphatic rings. The third-order valence-corrected chi connectivity index (χ3v) is 3.34. The first-order valence-corrected chi connectivity index (χ1v) is 6.37. The summed E-state index contributed by atoms with van der Waals surface area (Å²) < 4.78 is 5.44. The summed E-state index contributed by atoms with van der Waals surface area (Å²) in [4.78, 5) is 12.2. The highest BCUT2D eigenvalue weighted by molar-refractivity contribution is 6.04. The maximum atomic E-state index is 12.2. The highest BCUT2D eigenvalue weighted by Crippen LogP contribution is 2.26. The first-order valence-electron chi connectivity index (χ1n) is 6.37. The zero-order chi connectivity index (χ0) is 13.2. The number of rotatable bonds is 2. The molecule has 0 fully saturated rings. The van der Waals surface area contributed by atoms with E-state index in [2.05, 4.69) is 5.32 Å². The van der Waals surface area contributed by atoms with Crippen LogP contribution in [0, 0.1) is 6.92 Å². The molecule has 3 nitrogen and oxygen atoms in total. The molecule has 96 valence electrons. The second-order valence-electron chi connectivity index (χ2n) is 4.69. The Morgan fingerprint density at radius 2 is 2.05 bits per heavy atom. The number of anilines is 1. The SMILES string of the molecule is Cc1ccccc1NC(=O)c1ccc2c(c1)CCO2. The fraction of sp³-hybridized carbons (Fsp3) is 0.188. The summed E-state index contributed by atoms with van der Waals surface area (Å²) in [5.74, 6) is 0.816. The Kier molecular flexibility index (Phi) is 2.95. The van der Waals surface area contributed by atoms with Crippen molar-refractivity contribution in [3.05, 3.63) is 59.2 Å². The number of aryl methyl sites for hydroxylation is 1. The van der Waals surface area contributed by atoms with Crippen molar-refractivity contribution in [2.75, 3.05) is 11.9 Å². The second-order valence-corrected chi connectivity index (χ2v) is 4.69. The van der Waals surface area contributed by atoms with Crippen molar-refractivity contribution in [1.29, 1.82) is 0 Å². The Morgan fingerprint density at radius 1 is 1.21 bits per heavy atom. The predicted octanol–water partition coefficient (Wildman–Crippen LogP) is 3.18. The molecule has 19 heavy (non-hydrogen) atoms. The number of carbonyl (C=O) groups is 1. The topological polar surface area (TPSA) is 38.3 Å². The fourth-order valence-corrected chi connectivity index (χ4v) is 2.24. The molecule has 0 bridgehead atoms. The van der Waals surface area contributed by atoms with Crippen LogP contribution in [-0.4, -0.2) is 12.5 Å². The third kappa shape index (κ3) is 2.32. The molecule has 1 N–H and O–H groups in total. The quantitative estimate of drug-likeness (QED) is 0.892. The van der Waals surface area contributed by atoms with Crippen molar-refractivity contribution in [3.63, 3.8) is 0 Å². The van der Waals surface area contributed by atoms with E-state index in [1.165, 1.54) is 0 Å². The summed E-state index contributed by atoms with van der Waals surface area (Å²) in [6.07, 6.45) is 0.876. The Labute approximate surface area is 112 Å². The van der Waals surface area contributed by atoms with E-state index in [9.17, 15) is 4.79 Å². The second kappa shape index (κ2) is 4.76. The van der Waals surface area contributed by atoms with Gasteiger partial charge in [-0.25, -0.2) is 0 Å². The molecule has 0 aromatic heterocycles. The van der Waals surface area contributed by atoms with Gasteiger partial charge in [0.25, 0.3) is 5.91 Å². The number of benzene rings is 2. The van der Waals surface area contributed by atoms with E-state index in [1.54, 1.807) is 6.07 Å². The average Bonchev–Trinajstić information content (AvgIpc) is 2.88. The van der Waals surface area contributed by atoms with Crippen LogP contribution in [0.3, 0.4) is 0 Å². The van der Waals surface area contributed by atoms with E-state index >= 15 is 0 Å². The van der Waals surface area contributed by atoms with E-state index < -0.39 is 0 Å². The van der Waals surface area contributed by atoms with Crippen molar-refractivity contribution < 1.29 is 9.53 Å². The normalized spacial score (nSPS) is 12.7. The molecule has 0 aliphatic carbocycles. The maximum absolute atomic E-state index is 12.2. The fourth-order valence-electron chi connectivity index (χ4n) is 2.24. The standard InChI is InChI=1S/C16H15NO2/c1-11-4-2-3-5-14(11)17-16(18)13-6-7-15-12(10-13)8-9-19-15/h2-7,10H,8-9H2,1H3,(H,17,18). The Balaban J connectivity index is 1.83. The number of amides is 1. The number of fused-ring (bicyclic) bond motifs is 1. The predicted molar refractivity (Wildman–Crippen MR) is 74.8 cm³/mol. The molecule has 0 saturated carbocycles. The molecule has 1 aliphatic heterocycles. The Morgan fingerprint density at radius 3 is 2.89 bits per heavy atom. The lowest BCUT2D eigenvalue weighted by Crippen LogP contribution is -2.12. The Bertz CT molecular complexity index is 634. The van der Waals surface area contributed by atoms with Crippen molar-refractivity contribution >= 4 is 11.6 Å². The lowest BCUT2D eigenvalue weighted by atomic mass is 10.1. The number of para-hydroxylation sites is 1. The lowest BCUT2D eigenvalue weighted by molar-refractivity contribution is 0.102. The monoisotopic (exact) mass is 253 g/mol. The van der Waals surface area contributed by atoms with Gasteiger partial charge in [-0.2, -0.15) is 0 Å².